The summed E-state index contributed by atoms with van der Waals surface area (Å²) in [6, 6.07) is -5.90. The van der Waals surface area contributed by atoms with Gasteiger partial charge in [0.25, 0.3) is 0 Å². The zero-order chi connectivity index (χ0) is 56.2. The van der Waals surface area contributed by atoms with Crippen LogP contribution in [0, 0.1) is 11.6 Å². The molecule has 0 aliphatic rings. The first-order chi connectivity index (χ1) is 33.4. The molecule has 1 aromatic heterocycles. The highest BCUT2D eigenvalue weighted by atomic mass is 19.4. The van der Waals surface area contributed by atoms with E-state index in [9.17, 15) is 119 Å². The quantitative estimate of drug-likeness (QED) is 0.0691. The molecule has 74 heavy (non-hydrogen) atoms. The topological polar surface area (TPSA) is 33.8 Å². The molecule has 0 saturated heterocycles. The summed E-state index contributed by atoms with van der Waals surface area (Å²) in [6.45, 7) is -0.00886. The van der Waals surface area contributed by atoms with Crippen molar-refractivity contribution in [2.75, 3.05) is 0 Å². The lowest BCUT2D eigenvalue weighted by Crippen LogP contribution is -2.75. The average Bonchev–Trinajstić information content (AvgIpc) is 3.24. The maximum absolute atomic E-state index is 14.2. The molecule has 398 valence electrons. The Balaban J connectivity index is 0.000000500. The van der Waals surface area contributed by atoms with Crippen LogP contribution in [0.2, 0.25) is 0 Å². The molecule has 0 fully saturated rings. The molecule has 6 rings (SSSR count). The highest BCUT2D eigenvalue weighted by molar-refractivity contribution is 7.20. The number of ketones is 1. The number of rotatable bonds is 7. The molecular weight excluding hydrogens is 1080 g/mol. The van der Waals surface area contributed by atoms with Gasteiger partial charge in [0, 0.05) is 6.07 Å². The van der Waals surface area contributed by atoms with Gasteiger partial charge in [-0.05, 0) is 36.4 Å². The van der Waals surface area contributed by atoms with E-state index in [0.717, 1.165) is 12.1 Å². The van der Waals surface area contributed by atoms with Gasteiger partial charge < -0.3 is 0 Å². The van der Waals surface area contributed by atoms with Crippen LogP contribution in [0.4, 0.5) is 114 Å². The van der Waals surface area contributed by atoms with E-state index in [1.54, 1.807) is 17.0 Å². The van der Waals surface area contributed by atoms with Gasteiger partial charge in [-0.3, -0.25) is 9.78 Å². The second-order valence-electron chi connectivity index (χ2n) is 15.7. The summed E-state index contributed by atoms with van der Waals surface area (Å²) in [7, 11) is 0. The van der Waals surface area contributed by atoms with Gasteiger partial charge in [-0.25, -0.2) is 8.78 Å². The van der Waals surface area contributed by atoms with E-state index >= 15 is 0 Å². The van der Waals surface area contributed by atoms with Crippen LogP contribution in [0.1, 0.15) is 54.9 Å². The Morgan fingerprint density at radius 1 is 0.378 bits per heavy atom. The number of benzene rings is 5. The third-order valence-electron chi connectivity index (χ3n) is 10.7. The van der Waals surface area contributed by atoms with E-state index in [0.29, 0.717) is 6.07 Å². The van der Waals surface area contributed by atoms with E-state index in [4.69, 9.17) is 0 Å². The van der Waals surface area contributed by atoms with E-state index in [1.165, 1.54) is 12.4 Å². The number of Topliss-reactive ketones (excluding diaryl/α,β-unsaturated/α-hetero) is 1. The summed E-state index contributed by atoms with van der Waals surface area (Å²) in [5.74, 6) is -1.96. The third kappa shape index (κ3) is 13.2. The fraction of sp³-hybridized carbons (Fsp3) is 0.205. The summed E-state index contributed by atoms with van der Waals surface area (Å²) in [6.07, 6.45) is -48.6. The van der Waals surface area contributed by atoms with Gasteiger partial charge in [0.1, 0.15) is 17.8 Å². The maximum Gasteiger partial charge on any atom is 0.416 e. The van der Waals surface area contributed by atoms with E-state index in [-0.39, 0.29) is 12.1 Å². The minimum Gasteiger partial charge on any atom is -0.287 e. The number of hydrogen-bond acceptors (Lipinski definition) is 2. The molecule has 0 spiro atoms. The highest BCUT2D eigenvalue weighted by Crippen LogP contribution is 2.41. The van der Waals surface area contributed by atoms with Gasteiger partial charge in [-0.15, -0.1) is 0 Å². The fourth-order valence-electron chi connectivity index (χ4n) is 7.49. The van der Waals surface area contributed by atoms with Crippen molar-refractivity contribution in [1.82, 2.24) is 4.98 Å². The molecule has 5 aromatic carbocycles. The smallest absolute Gasteiger partial charge is 0.287 e. The first kappa shape index (κ1) is 58.0. The van der Waals surface area contributed by atoms with Crippen molar-refractivity contribution >= 4 is 33.8 Å². The SMILES string of the molecule is FC(F)(F)c1cc([B-](c2cc(C(F)(F)F)cc(C(F)(F)F)c2)(c2cc(C(F)(F)F)cc(C(F)(F)F)c2)c2cc(C(F)(F)F)cc(C(F)(F)F)c2)cc(C(F)(F)F)c1.O=C(C[n+]1ccncc1)c1ccc(F)cc1F. The molecule has 3 nitrogen and oxygen atoms in total. The monoisotopic (exact) mass is 1100 g/mol. The summed E-state index contributed by atoms with van der Waals surface area (Å²) in [5, 5.41) is 0. The lowest BCUT2D eigenvalue weighted by Gasteiger charge is -2.46. The summed E-state index contributed by atoms with van der Waals surface area (Å²) in [4.78, 5) is 15.5. The van der Waals surface area contributed by atoms with Crippen LogP contribution in [0.15, 0.2) is 116 Å². The van der Waals surface area contributed by atoms with Crippen LogP contribution < -0.4 is 26.4 Å². The largest absolute Gasteiger partial charge is 0.416 e. The third-order valence-corrected chi connectivity index (χ3v) is 10.7. The van der Waals surface area contributed by atoms with Crippen LogP contribution in [-0.2, 0) is 56.0 Å². The average molecular weight is 1100 g/mol. The Kier molecular flexibility index (Phi) is 15.5. The number of carbonyl (C=O) groups excluding carboxylic acids is 1. The molecule has 0 bridgehead atoms. The van der Waals surface area contributed by atoms with Crippen molar-refractivity contribution in [3.63, 3.8) is 0 Å². The first-order valence-corrected chi connectivity index (χ1v) is 19.6. The highest BCUT2D eigenvalue weighted by Gasteiger charge is 2.47. The molecular formula is C44H21BF26N2O. The molecule has 0 N–H and O–H groups in total. The number of alkyl halides is 24. The predicted octanol–water partition coefficient (Wildman–Crippen LogP) is 12.7. The molecule has 0 aliphatic carbocycles. The van der Waals surface area contributed by atoms with Gasteiger partial charge in [0.05, 0.1) is 62.5 Å². The fourth-order valence-corrected chi connectivity index (χ4v) is 7.49. The Labute approximate surface area is 395 Å². The predicted molar refractivity (Wildman–Crippen MR) is 205 cm³/mol. The van der Waals surface area contributed by atoms with E-state index in [1.807, 2.05) is 0 Å². The molecule has 1 heterocycles. The maximum atomic E-state index is 14.2. The molecule has 30 heteroatoms. The summed E-state index contributed by atoms with van der Waals surface area (Å²) in [5.41, 5.74) is -30.3. The normalized spacial score (nSPS) is 13.4. The molecule has 0 atom stereocenters. The molecule has 0 unspecified atom stereocenters. The van der Waals surface area contributed by atoms with E-state index in [2.05, 4.69) is 4.98 Å². The molecule has 0 radical (unpaired) electrons. The van der Waals surface area contributed by atoms with E-state index < -0.39 is 212 Å². The minimum atomic E-state index is -6.13. The Morgan fingerprint density at radius 2 is 0.622 bits per heavy atom. The Bertz CT molecular complexity index is 2580. The van der Waals surface area contributed by atoms with Crippen molar-refractivity contribution in [3.05, 3.63) is 177 Å². The number of nitrogens with zero attached hydrogens (tertiary/aromatic N) is 2. The lowest BCUT2D eigenvalue weighted by molar-refractivity contribution is -0.683. The summed E-state index contributed by atoms with van der Waals surface area (Å²) < 4.78 is 368. The van der Waals surface area contributed by atoms with Crippen LogP contribution >= 0.6 is 0 Å². The molecule has 0 amide bonds. The van der Waals surface area contributed by atoms with Gasteiger partial charge in [-0.2, -0.15) is 132 Å². The standard InChI is InChI=1S/C32H12BF24.C12H9F2N2O/c34-25(35,36)13-1-14(26(37,38)39)6-21(5-13)33(22-7-15(27(40,41)42)2-16(8-22)28(43,44)45,23-9-17(29(46,47)48)3-18(10-23)30(49,50)51)24-11-19(31(52,53)54)4-20(12-24)32(55,56)57;13-9-1-2-10(11(14)7-9)12(17)8-16-5-3-15-4-6-16/h1-12H;1-7H,8H2/q-1;+1. The van der Waals surface area contributed by atoms with Gasteiger partial charge >= 0.3 is 49.4 Å². The number of hydrogen-bond donors (Lipinski definition) is 0. The van der Waals surface area contributed by atoms with Crippen molar-refractivity contribution in [3.8, 4) is 0 Å². The van der Waals surface area contributed by atoms with Crippen molar-refractivity contribution in [2.24, 2.45) is 0 Å². The second-order valence-corrected chi connectivity index (χ2v) is 15.7. The van der Waals surface area contributed by atoms with Crippen LogP contribution in [0.5, 0.6) is 0 Å². The lowest BCUT2D eigenvalue weighted by atomic mass is 9.12. The van der Waals surface area contributed by atoms with Crippen molar-refractivity contribution in [1.29, 1.82) is 0 Å². The number of carbonyl (C=O) groups is 1. The van der Waals surface area contributed by atoms with Crippen LogP contribution in [0.25, 0.3) is 0 Å². The molecule has 6 aromatic rings. The van der Waals surface area contributed by atoms with Gasteiger partial charge in [-0.1, -0.05) is 48.5 Å². The zero-order valence-corrected chi connectivity index (χ0v) is 35.4. The summed E-state index contributed by atoms with van der Waals surface area (Å²) >= 11 is 0. The van der Waals surface area contributed by atoms with Crippen molar-refractivity contribution in [2.45, 2.75) is 56.0 Å². The van der Waals surface area contributed by atoms with Gasteiger partial charge in [0.15, 0.2) is 12.4 Å². The van der Waals surface area contributed by atoms with Crippen molar-refractivity contribution < 1.29 is 124 Å². The van der Waals surface area contributed by atoms with Crippen LogP contribution in [-0.4, -0.2) is 16.9 Å². The molecule has 0 saturated carbocycles. The van der Waals surface area contributed by atoms with Gasteiger partial charge in [0.2, 0.25) is 12.3 Å². The zero-order valence-electron chi connectivity index (χ0n) is 35.4. The second kappa shape index (κ2) is 19.7. The Hall–Kier alpha value is -6.91. The molecule has 0 aliphatic heterocycles. The number of halogens is 26. The first-order valence-electron chi connectivity index (χ1n) is 19.6. The number of aromatic nitrogens is 2. The van der Waals surface area contributed by atoms with Crippen LogP contribution in [0.3, 0.4) is 0 Å². The minimum absolute atomic E-state index is 0.00886. The Morgan fingerprint density at radius 3 is 0.838 bits per heavy atom.